The molecule has 1 nitrogen and oxygen atoms in total. The van der Waals surface area contributed by atoms with E-state index >= 15 is 0 Å². The summed E-state index contributed by atoms with van der Waals surface area (Å²) in [6.07, 6.45) is 14.5. The van der Waals surface area contributed by atoms with Crippen LogP contribution in [0.5, 0.6) is 0 Å². The lowest BCUT2D eigenvalue weighted by Crippen LogP contribution is -2.41. The second-order valence-electron chi connectivity index (χ2n) is 5.43. The van der Waals surface area contributed by atoms with E-state index in [0.29, 0.717) is 11.5 Å². The van der Waals surface area contributed by atoms with E-state index < -0.39 is 0 Å². The molecule has 0 radical (unpaired) electrons. The predicted octanol–water partition coefficient (Wildman–Crippen LogP) is 3.78. The summed E-state index contributed by atoms with van der Waals surface area (Å²) in [5.41, 5.74) is 8.57. The van der Waals surface area contributed by atoms with Gasteiger partial charge in [0.2, 0.25) is 0 Å². The Morgan fingerprint density at radius 1 is 1.27 bits per heavy atom. The van der Waals surface area contributed by atoms with Crippen molar-refractivity contribution in [3.63, 3.8) is 0 Å². The zero-order valence-corrected chi connectivity index (χ0v) is 10.1. The first-order chi connectivity index (χ1) is 7.28. The van der Waals surface area contributed by atoms with Crippen LogP contribution in [-0.4, -0.2) is 6.04 Å². The van der Waals surface area contributed by atoms with Crippen LogP contribution in [0.4, 0.5) is 0 Å². The molecular formula is C14H25N. The lowest BCUT2D eigenvalue weighted by molar-refractivity contribution is 0.238. The molecule has 0 saturated heterocycles. The molecular weight excluding hydrogens is 182 g/mol. The Bertz CT molecular complexity index is 236. The van der Waals surface area contributed by atoms with Crippen molar-refractivity contribution in [1.29, 1.82) is 0 Å². The normalized spacial score (nSPS) is 27.5. The average molecular weight is 207 g/mol. The molecule has 1 heteroatoms. The Balaban J connectivity index is 2.10. The van der Waals surface area contributed by atoms with Gasteiger partial charge in [-0.25, -0.2) is 0 Å². The van der Waals surface area contributed by atoms with E-state index in [0.717, 1.165) is 0 Å². The molecule has 15 heavy (non-hydrogen) atoms. The monoisotopic (exact) mass is 207 g/mol. The third-order valence-electron chi connectivity index (χ3n) is 4.69. The smallest absolute Gasteiger partial charge is 0.0310 e. The summed E-state index contributed by atoms with van der Waals surface area (Å²) in [5, 5.41) is 0. The molecule has 0 aromatic carbocycles. The van der Waals surface area contributed by atoms with Crippen LogP contribution in [0.3, 0.4) is 0 Å². The molecule has 2 aliphatic carbocycles. The lowest BCUT2D eigenvalue weighted by Gasteiger charge is -2.37. The Morgan fingerprint density at radius 3 is 2.53 bits per heavy atom. The Kier molecular flexibility index (Phi) is 3.50. The molecule has 1 atom stereocenters. The van der Waals surface area contributed by atoms with Crippen LogP contribution in [0.1, 0.15) is 64.7 Å². The highest BCUT2D eigenvalue weighted by molar-refractivity contribution is 5.17. The first-order valence-electron chi connectivity index (χ1n) is 6.73. The number of rotatable bonds is 3. The molecule has 86 valence electrons. The van der Waals surface area contributed by atoms with Crippen molar-refractivity contribution in [2.75, 3.05) is 0 Å². The molecule has 2 aliphatic rings. The van der Waals surface area contributed by atoms with Crippen LogP contribution in [0.25, 0.3) is 0 Å². The van der Waals surface area contributed by atoms with E-state index in [1.807, 2.05) is 0 Å². The fourth-order valence-corrected chi connectivity index (χ4v) is 3.50. The molecule has 1 saturated carbocycles. The van der Waals surface area contributed by atoms with Gasteiger partial charge < -0.3 is 5.73 Å². The van der Waals surface area contributed by atoms with E-state index in [-0.39, 0.29) is 0 Å². The summed E-state index contributed by atoms with van der Waals surface area (Å²) >= 11 is 0. The fraction of sp³-hybridized carbons (Fsp3) is 0.857. The molecule has 1 fully saturated rings. The molecule has 2 N–H and O–H groups in total. The van der Waals surface area contributed by atoms with Gasteiger partial charge in [0.25, 0.3) is 0 Å². The zero-order valence-electron chi connectivity index (χ0n) is 10.1. The Labute approximate surface area is 94.1 Å². The third-order valence-corrected chi connectivity index (χ3v) is 4.69. The number of nitrogens with two attached hydrogens (primary N) is 1. The highest BCUT2D eigenvalue weighted by atomic mass is 14.7. The van der Waals surface area contributed by atoms with Crippen LogP contribution < -0.4 is 5.73 Å². The molecule has 0 amide bonds. The third kappa shape index (κ3) is 2.13. The first kappa shape index (κ1) is 11.2. The van der Waals surface area contributed by atoms with Crippen molar-refractivity contribution < 1.29 is 0 Å². The number of allylic oxidation sites excluding steroid dienone is 1. The maximum Gasteiger partial charge on any atom is 0.0310 e. The van der Waals surface area contributed by atoms with E-state index in [1.165, 1.54) is 57.8 Å². The SMILES string of the molecule is CCC1(C(N)C2=CCCCC2)CCCC1. The second kappa shape index (κ2) is 4.69. The Morgan fingerprint density at radius 2 is 2.00 bits per heavy atom. The minimum absolute atomic E-state index is 0.366. The van der Waals surface area contributed by atoms with E-state index in [2.05, 4.69) is 13.0 Å². The highest BCUT2D eigenvalue weighted by Gasteiger charge is 2.39. The second-order valence-corrected chi connectivity index (χ2v) is 5.43. The average Bonchev–Trinajstić information content (AvgIpc) is 2.79. The molecule has 0 aromatic heterocycles. The predicted molar refractivity (Wildman–Crippen MR) is 65.7 cm³/mol. The number of hydrogen-bond acceptors (Lipinski definition) is 1. The van der Waals surface area contributed by atoms with Crippen molar-refractivity contribution in [2.24, 2.45) is 11.1 Å². The van der Waals surface area contributed by atoms with Crippen LogP contribution in [-0.2, 0) is 0 Å². The zero-order chi connectivity index (χ0) is 10.7. The summed E-state index contributed by atoms with van der Waals surface area (Å²) < 4.78 is 0. The van der Waals surface area contributed by atoms with Crippen LogP contribution in [0.2, 0.25) is 0 Å². The highest BCUT2D eigenvalue weighted by Crippen LogP contribution is 2.46. The van der Waals surface area contributed by atoms with Crippen LogP contribution in [0.15, 0.2) is 11.6 Å². The standard InChI is InChI=1S/C14H25N/c1-2-14(10-6-7-11-14)13(15)12-8-4-3-5-9-12/h8,13H,2-7,9-11,15H2,1H3. The summed E-state index contributed by atoms with van der Waals surface area (Å²) in [5.74, 6) is 0. The quantitative estimate of drug-likeness (QED) is 0.700. The minimum Gasteiger partial charge on any atom is -0.324 e. The summed E-state index contributed by atoms with van der Waals surface area (Å²) in [7, 11) is 0. The van der Waals surface area contributed by atoms with Crippen molar-refractivity contribution in [1.82, 2.24) is 0 Å². The summed E-state index contributed by atoms with van der Waals surface area (Å²) in [4.78, 5) is 0. The van der Waals surface area contributed by atoms with Gasteiger partial charge >= 0.3 is 0 Å². The van der Waals surface area contributed by atoms with Crippen LogP contribution >= 0.6 is 0 Å². The largest absolute Gasteiger partial charge is 0.324 e. The fourth-order valence-electron chi connectivity index (χ4n) is 3.50. The topological polar surface area (TPSA) is 26.0 Å². The van der Waals surface area contributed by atoms with E-state index in [9.17, 15) is 0 Å². The van der Waals surface area contributed by atoms with Gasteiger partial charge in [-0.2, -0.15) is 0 Å². The van der Waals surface area contributed by atoms with E-state index in [1.54, 1.807) is 5.57 Å². The van der Waals surface area contributed by atoms with E-state index in [4.69, 9.17) is 5.73 Å². The van der Waals surface area contributed by atoms with Gasteiger partial charge in [0.15, 0.2) is 0 Å². The van der Waals surface area contributed by atoms with Crippen molar-refractivity contribution in [3.05, 3.63) is 11.6 Å². The molecule has 0 heterocycles. The summed E-state index contributed by atoms with van der Waals surface area (Å²) in [6, 6.07) is 0.366. The Hall–Kier alpha value is -0.300. The maximum absolute atomic E-state index is 6.53. The lowest BCUT2D eigenvalue weighted by atomic mass is 9.72. The summed E-state index contributed by atoms with van der Waals surface area (Å²) in [6.45, 7) is 2.33. The minimum atomic E-state index is 0.366. The van der Waals surface area contributed by atoms with Gasteiger partial charge in [-0.05, 0) is 50.4 Å². The van der Waals surface area contributed by atoms with Crippen molar-refractivity contribution in [2.45, 2.75) is 70.8 Å². The molecule has 0 spiro atoms. The maximum atomic E-state index is 6.53. The molecule has 1 unspecified atom stereocenters. The van der Waals surface area contributed by atoms with Gasteiger partial charge in [0.1, 0.15) is 0 Å². The van der Waals surface area contributed by atoms with Crippen molar-refractivity contribution >= 4 is 0 Å². The molecule has 2 rings (SSSR count). The van der Waals surface area contributed by atoms with Gasteiger partial charge in [-0.1, -0.05) is 31.4 Å². The molecule has 0 aromatic rings. The number of hydrogen-bond donors (Lipinski definition) is 1. The van der Waals surface area contributed by atoms with Crippen molar-refractivity contribution in [3.8, 4) is 0 Å². The van der Waals surface area contributed by atoms with Gasteiger partial charge in [0.05, 0.1) is 0 Å². The van der Waals surface area contributed by atoms with Gasteiger partial charge in [-0.15, -0.1) is 0 Å². The first-order valence-corrected chi connectivity index (χ1v) is 6.73. The van der Waals surface area contributed by atoms with Gasteiger partial charge in [-0.3, -0.25) is 0 Å². The van der Waals surface area contributed by atoms with Crippen LogP contribution in [0, 0.1) is 5.41 Å². The molecule has 0 bridgehead atoms. The van der Waals surface area contributed by atoms with Gasteiger partial charge in [0, 0.05) is 6.04 Å². The molecule has 0 aliphatic heterocycles.